The van der Waals surface area contributed by atoms with Gasteiger partial charge in [0.2, 0.25) is 0 Å². The largest absolute Gasteiger partial charge is 0.465 e. The first-order valence-electron chi connectivity index (χ1n) is 5.58. The number of likely N-dealkylation sites (tertiary alicyclic amines) is 1. The van der Waals surface area contributed by atoms with Gasteiger partial charge in [0.05, 0.1) is 0 Å². The van der Waals surface area contributed by atoms with Crippen molar-refractivity contribution in [2.75, 3.05) is 13.1 Å². The fraction of sp³-hybridized carbons (Fsp3) is 0.818. The molecule has 0 radical (unpaired) electrons. The monoisotopic (exact) mass is 211 g/mol. The van der Waals surface area contributed by atoms with Gasteiger partial charge in [0, 0.05) is 19.0 Å². The van der Waals surface area contributed by atoms with Crippen molar-refractivity contribution >= 4 is 12.4 Å². The summed E-state index contributed by atoms with van der Waals surface area (Å²) in [7, 11) is 0. The van der Waals surface area contributed by atoms with Gasteiger partial charge in [-0.3, -0.25) is 0 Å². The molecule has 4 nitrogen and oxygen atoms in total. The normalized spacial score (nSPS) is 29.3. The van der Waals surface area contributed by atoms with E-state index in [4.69, 9.17) is 5.11 Å². The highest BCUT2D eigenvalue weighted by Crippen LogP contribution is 2.48. The Balaban J connectivity index is 1.93. The molecule has 1 unspecified atom stereocenters. The second kappa shape index (κ2) is 3.83. The van der Waals surface area contributed by atoms with Crippen LogP contribution in [0.1, 0.15) is 32.1 Å². The molecular weight excluding hydrogens is 194 g/mol. The van der Waals surface area contributed by atoms with Crippen LogP contribution in [-0.4, -0.2) is 35.5 Å². The number of amides is 1. The maximum Gasteiger partial charge on any atom is 0.407 e. The van der Waals surface area contributed by atoms with Gasteiger partial charge in [-0.15, -0.1) is 0 Å². The molecule has 1 amide bonds. The minimum absolute atomic E-state index is 0.223. The highest BCUT2D eigenvalue weighted by molar-refractivity contribution is 5.65. The number of carbonyl (C=O) groups is 2. The van der Waals surface area contributed by atoms with Crippen molar-refractivity contribution in [3.05, 3.63) is 0 Å². The van der Waals surface area contributed by atoms with Crippen LogP contribution >= 0.6 is 0 Å². The van der Waals surface area contributed by atoms with Gasteiger partial charge in [0.25, 0.3) is 0 Å². The van der Waals surface area contributed by atoms with Crippen LogP contribution in [0.15, 0.2) is 0 Å². The average molecular weight is 211 g/mol. The van der Waals surface area contributed by atoms with Crippen molar-refractivity contribution < 1.29 is 14.7 Å². The number of carbonyl (C=O) groups excluding carboxylic acids is 1. The summed E-state index contributed by atoms with van der Waals surface area (Å²) in [5.41, 5.74) is 0.275. The van der Waals surface area contributed by atoms with E-state index in [-0.39, 0.29) is 11.3 Å². The Bertz CT molecular complexity index is 269. The van der Waals surface area contributed by atoms with Crippen molar-refractivity contribution in [2.45, 2.75) is 32.1 Å². The maximum atomic E-state index is 10.7. The SMILES string of the molecule is O=CC1CCC2(CCN(C(=O)O)CC2)C1. The molecule has 2 fully saturated rings. The molecule has 1 saturated carbocycles. The average Bonchev–Trinajstić information content (AvgIpc) is 2.62. The summed E-state index contributed by atoms with van der Waals surface area (Å²) in [5.74, 6) is 0.223. The van der Waals surface area contributed by atoms with Gasteiger partial charge in [0.1, 0.15) is 6.29 Å². The van der Waals surface area contributed by atoms with Crippen LogP contribution in [0.3, 0.4) is 0 Å². The molecule has 0 aromatic rings. The highest BCUT2D eigenvalue weighted by atomic mass is 16.4. The van der Waals surface area contributed by atoms with E-state index in [0.29, 0.717) is 13.1 Å². The minimum atomic E-state index is -0.810. The van der Waals surface area contributed by atoms with Crippen molar-refractivity contribution in [3.8, 4) is 0 Å². The number of aldehydes is 1. The molecule has 1 saturated heterocycles. The van der Waals surface area contributed by atoms with E-state index in [9.17, 15) is 9.59 Å². The van der Waals surface area contributed by atoms with Gasteiger partial charge in [-0.1, -0.05) is 0 Å². The quantitative estimate of drug-likeness (QED) is 0.672. The summed E-state index contributed by atoms with van der Waals surface area (Å²) < 4.78 is 0. The number of carboxylic acid groups (broad SMARTS) is 1. The zero-order chi connectivity index (χ0) is 10.9. The molecule has 2 aliphatic rings. The maximum absolute atomic E-state index is 10.7. The third-order valence-electron chi connectivity index (χ3n) is 4.03. The van der Waals surface area contributed by atoms with Crippen molar-refractivity contribution in [2.24, 2.45) is 11.3 Å². The summed E-state index contributed by atoms with van der Waals surface area (Å²) >= 11 is 0. The molecule has 0 aromatic carbocycles. The third kappa shape index (κ3) is 1.98. The Morgan fingerprint density at radius 2 is 2.00 bits per heavy atom. The van der Waals surface area contributed by atoms with E-state index in [1.165, 1.54) is 4.90 Å². The van der Waals surface area contributed by atoms with Crippen LogP contribution in [0.5, 0.6) is 0 Å². The van der Waals surface area contributed by atoms with E-state index in [2.05, 4.69) is 0 Å². The Labute approximate surface area is 89.3 Å². The lowest BCUT2D eigenvalue weighted by Gasteiger charge is -2.38. The van der Waals surface area contributed by atoms with Gasteiger partial charge in [-0.05, 0) is 37.5 Å². The molecular formula is C11H17NO3. The Kier molecular flexibility index (Phi) is 2.67. The summed E-state index contributed by atoms with van der Waals surface area (Å²) in [6.45, 7) is 1.28. The second-order valence-electron chi connectivity index (χ2n) is 4.91. The van der Waals surface area contributed by atoms with E-state index in [0.717, 1.165) is 38.4 Å². The summed E-state index contributed by atoms with van der Waals surface area (Å²) in [5, 5.41) is 8.84. The molecule has 15 heavy (non-hydrogen) atoms. The van der Waals surface area contributed by atoms with E-state index in [1.807, 2.05) is 0 Å². The highest BCUT2D eigenvalue weighted by Gasteiger charge is 2.41. The first kappa shape index (κ1) is 10.5. The molecule has 1 aliphatic heterocycles. The Morgan fingerprint density at radius 1 is 1.33 bits per heavy atom. The topological polar surface area (TPSA) is 57.6 Å². The summed E-state index contributed by atoms with van der Waals surface area (Å²) in [4.78, 5) is 22.9. The van der Waals surface area contributed by atoms with Crippen molar-refractivity contribution in [1.82, 2.24) is 4.90 Å². The first-order chi connectivity index (χ1) is 7.15. The molecule has 1 heterocycles. The van der Waals surface area contributed by atoms with Crippen LogP contribution in [-0.2, 0) is 4.79 Å². The van der Waals surface area contributed by atoms with E-state index in [1.54, 1.807) is 0 Å². The van der Waals surface area contributed by atoms with Gasteiger partial charge in [-0.2, -0.15) is 0 Å². The Morgan fingerprint density at radius 3 is 2.47 bits per heavy atom. The number of piperidine rings is 1. The standard InChI is InChI=1S/C11H17NO3/c13-8-9-1-2-11(7-9)3-5-12(6-4-11)10(14)15/h8-9H,1-7H2,(H,14,15). The van der Waals surface area contributed by atoms with Gasteiger partial charge >= 0.3 is 6.09 Å². The lowest BCUT2D eigenvalue weighted by Crippen LogP contribution is -2.41. The summed E-state index contributed by atoms with van der Waals surface area (Å²) in [6, 6.07) is 0. The van der Waals surface area contributed by atoms with Gasteiger partial charge < -0.3 is 14.8 Å². The Hall–Kier alpha value is -1.06. The van der Waals surface area contributed by atoms with Crippen LogP contribution in [0.25, 0.3) is 0 Å². The van der Waals surface area contributed by atoms with Crippen LogP contribution in [0.4, 0.5) is 4.79 Å². The number of rotatable bonds is 1. The smallest absolute Gasteiger partial charge is 0.407 e. The minimum Gasteiger partial charge on any atom is -0.465 e. The lowest BCUT2D eigenvalue weighted by atomic mass is 9.76. The number of hydrogen-bond donors (Lipinski definition) is 1. The molecule has 0 bridgehead atoms. The molecule has 2 rings (SSSR count). The predicted molar refractivity (Wildman–Crippen MR) is 54.7 cm³/mol. The van der Waals surface area contributed by atoms with Crippen molar-refractivity contribution in [1.29, 1.82) is 0 Å². The third-order valence-corrected chi connectivity index (χ3v) is 4.03. The number of hydrogen-bond acceptors (Lipinski definition) is 2. The molecule has 4 heteroatoms. The first-order valence-corrected chi connectivity index (χ1v) is 5.58. The summed E-state index contributed by atoms with van der Waals surface area (Å²) in [6.07, 6.45) is 5.20. The number of nitrogens with zero attached hydrogens (tertiary/aromatic N) is 1. The van der Waals surface area contributed by atoms with E-state index >= 15 is 0 Å². The predicted octanol–water partition coefficient (Wildman–Crippen LogP) is 1.75. The molecule has 1 aliphatic carbocycles. The lowest BCUT2D eigenvalue weighted by molar-refractivity contribution is -0.111. The van der Waals surface area contributed by atoms with Crippen molar-refractivity contribution in [3.63, 3.8) is 0 Å². The van der Waals surface area contributed by atoms with Crippen LogP contribution in [0, 0.1) is 11.3 Å². The van der Waals surface area contributed by atoms with Crippen LogP contribution < -0.4 is 0 Å². The van der Waals surface area contributed by atoms with Gasteiger partial charge in [-0.25, -0.2) is 4.79 Å². The van der Waals surface area contributed by atoms with E-state index < -0.39 is 6.09 Å². The van der Waals surface area contributed by atoms with Gasteiger partial charge in [0.15, 0.2) is 0 Å². The molecule has 0 aromatic heterocycles. The molecule has 84 valence electrons. The fourth-order valence-electron chi connectivity index (χ4n) is 2.99. The molecule has 1 spiro atoms. The second-order valence-corrected chi connectivity index (χ2v) is 4.91. The molecule has 1 N–H and O–H groups in total. The zero-order valence-corrected chi connectivity index (χ0v) is 8.82. The van der Waals surface area contributed by atoms with Crippen LogP contribution in [0.2, 0.25) is 0 Å². The zero-order valence-electron chi connectivity index (χ0n) is 8.82. The molecule has 1 atom stereocenters. The fourth-order valence-corrected chi connectivity index (χ4v) is 2.99.